The fourth-order valence-electron chi connectivity index (χ4n) is 3.46. The predicted molar refractivity (Wildman–Crippen MR) is 127 cm³/mol. The highest BCUT2D eigenvalue weighted by atomic mass is 16.5. The second-order valence-corrected chi connectivity index (χ2v) is 9.05. The second kappa shape index (κ2) is 11.0. The molecule has 0 heterocycles. The highest BCUT2D eigenvalue weighted by Gasteiger charge is 2.28. The van der Waals surface area contributed by atoms with Gasteiger partial charge in [0, 0.05) is 18.5 Å². The molecule has 0 saturated heterocycles. The van der Waals surface area contributed by atoms with Crippen molar-refractivity contribution < 1.29 is 19.1 Å². The van der Waals surface area contributed by atoms with E-state index >= 15 is 0 Å². The molecule has 2 aromatic carbocycles. The summed E-state index contributed by atoms with van der Waals surface area (Å²) < 4.78 is 10.7. The molecule has 2 aromatic rings. The summed E-state index contributed by atoms with van der Waals surface area (Å²) in [5.74, 6) is 1.05. The maximum atomic E-state index is 13.3. The van der Waals surface area contributed by atoms with Crippen molar-refractivity contribution in [2.24, 2.45) is 0 Å². The van der Waals surface area contributed by atoms with Gasteiger partial charge in [0.15, 0.2) is 11.5 Å². The summed E-state index contributed by atoms with van der Waals surface area (Å²) in [5, 5.41) is 2.99. The first kappa shape index (κ1) is 25.2. The molecule has 0 fully saturated rings. The number of aryl methyl sites for hydroxylation is 2. The number of nitrogens with zero attached hydrogens (tertiary/aromatic N) is 1. The molecule has 174 valence electrons. The molecule has 0 aliphatic carbocycles. The van der Waals surface area contributed by atoms with Crippen molar-refractivity contribution >= 4 is 11.8 Å². The van der Waals surface area contributed by atoms with Crippen molar-refractivity contribution in [3.05, 3.63) is 59.2 Å². The number of nitrogens with one attached hydrogen (secondary N) is 1. The highest BCUT2D eigenvalue weighted by molar-refractivity contribution is 5.87. The van der Waals surface area contributed by atoms with Gasteiger partial charge in [-0.3, -0.25) is 9.59 Å². The maximum Gasteiger partial charge on any atom is 0.242 e. The van der Waals surface area contributed by atoms with Crippen molar-refractivity contribution in [3.63, 3.8) is 0 Å². The summed E-state index contributed by atoms with van der Waals surface area (Å²) in [6.07, 6.45) is 0.825. The topological polar surface area (TPSA) is 67.9 Å². The predicted octanol–water partition coefficient (Wildman–Crippen LogP) is 4.28. The molecular weight excluding hydrogens is 404 g/mol. The van der Waals surface area contributed by atoms with E-state index in [0.717, 1.165) is 16.7 Å². The van der Waals surface area contributed by atoms with Crippen molar-refractivity contribution in [1.82, 2.24) is 10.2 Å². The van der Waals surface area contributed by atoms with E-state index in [0.29, 0.717) is 24.5 Å². The van der Waals surface area contributed by atoms with Crippen LogP contribution < -0.4 is 14.8 Å². The van der Waals surface area contributed by atoms with Crippen LogP contribution in [0, 0.1) is 6.92 Å². The fourth-order valence-corrected chi connectivity index (χ4v) is 3.46. The Balaban J connectivity index is 2.21. The lowest BCUT2D eigenvalue weighted by molar-refractivity contribution is -0.141. The zero-order valence-corrected chi connectivity index (χ0v) is 20.3. The molecule has 32 heavy (non-hydrogen) atoms. The number of methoxy groups -OCH3 is 2. The average molecular weight is 441 g/mol. The molecule has 0 aliphatic heterocycles. The van der Waals surface area contributed by atoms with E-state index in [-0.39, 0.29) is 23.8 Å². The first-order valence-corrected chi connectivity index (χ1v) is 10.9. The smallest absolute Gasteiger partial charge is 0.242 e. The minimum Gasteiger partial charge on any atom is -0.493 e. The Morgan fingerprint density at radius 2 is 1.69 bits per heavy atom. The lowest BCUT2D eigenvalue weighted by Crippen LogP contribution is -2.52. The van der Waals surface area contributed by atoms with Gasteiger partial charge in [-0.05, 0) is 69.9 Å². The Kier molecular flexibility index (Phi) is 8.70. The van der Waals surface area contributed by atoms with Crippen LogP contribution in [0.4, 0.5) is 0 Å². The van der Waals surface area contributed by atoms with Crippen LogP contribution in [0.15, 0.2) is 42.5 Å². The maximum absolute atomic E-state index is 13.3. The number of amides is 2. The fraction of sp³-hybridized carbons (Fsp3) is 0.462. The third kappa shape index (κ3) is 7.01. The number of rotatable bonds is 9. The number of benzene rings is 2. The van der Waals surface area contributed by atoms with Gasteiger partial charge in [-0.15, -0.1) is 0 Å². The van der Waals surface area contributed by atoms with Gasteiger partial charge in [0.05, 0.1) is 14.2 Å². The van der Waals surface area contributed by atoms with Gasteiger partial charge < -0.3 is 19.7 Å². The third-order valence-electron chi connectivity index (χ3n) is 5.34. The minimum atomic E-state index is -0.591. The average Bonchev–Trinajstić information content (AvgIpc) is 2.75. The van der Waals surface area contributed by atoms with Gasteiger partial charge in [-0.25, -0.2) is 0 Å². The molecule has 1 atom stereocenters. The Bertz CT molecular complexity index is 934. The van der Waals surface area contributed by atoms with E-state index in [4.69, 9.17) is 9.47 Å². The van der Waals surface area contributed by atoms with E-state index < -0.39 is 6.04 Å². The van der Waals surface area contributed by atoms with Crippen molar-refractivity contribution in [2.45, 2.75) is 65.6 Å². The summed E-state index contributed by atoms with van der Waals surface area (Å²) in [6, 6.07) is 13.0. The summed E-state index contributed by atoms with van der Waals surface area (Å²) in [6.45, 7) is 9.98. The monoisotopic (exact) mass is 440 g/mol. The molecule has 0 radical (unpaired) electrons. The summed E-state index contributed by atoms with van der Waals surface area (Å²) in [4.78, 5) is 27.9. The number of carbonyl (C=O) groups is 2. The lowest BCUT2D eigenvalue weighted by atomic mass is 10.0. The number of hydrogen-bond acceptors (Lipinski definition) is 4. The number of carbonyl (C=O) groups excluding carboxylic acids is 2. The SMILES string of the molecule is COc1ccc(CCC(=O)N(Cc2ccccc2C)[C@@H](C)C(=O)NC(C)(C)C)cc1OC. The third-order valence-corrected chi connectivity index (χ3v) is 5.34. The highest BCUT2D eigenvalue weighted by Crippen LogP contribution is 2.28. The van der Waals surface area contributed by atoms with Crippen LogP contribution in [0.2, 0.25) is 0 Å². The Morgan fingerprint density at radius 3 is 2.28 bits per heavy atom. The quantitative estimate of drug-likeness (QED) is 0.632. The van der Waals surface area contributed by atoms with Crippen molar-refractivity contribution in [2.75, 3.05) is 14.2 Å². The van der Waals surface area contributed by atoms with Gasteiger partial charge in [0.25, 0.3) is 0 Å². The number of ether oxygens (including phenoxy) is 2. The molecule has 6 nitrogen and oxygen atoms in total. The number of hydrogen-bond donors (Lipinski definition) is 1. The van der Waals surface area contributed by atoms with Crippen LogP contribution in [0.3, 0.4) is 0 Å². The molecule has 0 aromatic heterocycles. The Hall–Kier alpha value is -3.02. The van der Waals surface area contributed by atoms with Crippen molar-refractivity contribution in [1.29, 1.82) is 0 Å². The van der Waals surface area contributed by atoms with E-state index in [2.05, 4.69) is 5.32 Å². The molecular formula is C26H36N2O4. The van der Waals surface area contributed by atoms with E-state index in [9.17, 15) is 9.59 Å². The van der Waals surface area contributed by atoms with Gasteiger partial charge in [-0.1, -0.05) is 30.3 Å². The lowest BCUT2D eigenvalue weighted by Gasteiger charge is -2.32. The molecule has 0 aliphatic rings. The zero-order chi connectivity index (χ0) is 23.9. The summed E-state index contributed by atoms with van der Waals surface area (Å²) in [5.41, 5.74) is 2.72. The van der Waals surface area contributed by atoms with Crippen LogP contribution in [-0.2, 0) is 22.6 Å². The van der Waals surface area contributed by atoms with Gasteiger partial charge in [0.2, 0.25) is 11.8 Å². The zero-order valence-electron chi connectivity index (χ0n) is 20.3. The molecule has 0 saturated carbocycles. The van der Waals surface area contributed by atoms with E-state index in [1.54, 1.807) is 26.0 Å². The van der Waals surface area contributed by atoms with E-state index in [1.165, 1.54) is 0 Å². The Labute approximate surface area is 191 Å². The van der Waals surface area contributed by atoms with Crippen LogP contribution in [0.5, 0.6) is 11.5 Å². The molecule has 0 spiro atoms. The first-order chi connectivity index (χ1) is 15.1. The first-order valence-electron chi connectivity index (χ1n) is 10.9. The Morgan fingerprint density at radius 1 is 1.03 bits per heavy atom. The standard InChI is InChI=1S/C26H36N2O4/c1-18-10-8-9-11-21(18)17-28(19(2)25(30)27-26(3,4)5)24(29)15-13-20-12-14-22(31-6)23(16-20)32-7/h8-12,14,16,19H,13,15,17H2,1-7H3,(H,27,30)/t19-/m0/s1. The largest absolute Gasteiger partial charge is 0.493 e. The van der Waals surface area contributed by atoms with Gasteiger partial charge >= 0.3 is 0 Å². The van der Waals surface area contributed by atoms with Gasteiger partial charge in [-0.2, -0.15) is 0 Å². The second-order valence-electron chi connectivity index (χ2n) is 9.05. The normalized spacial score (nSPS) is 12.1. The molecule has 6 heteroatoms. The molecule has 1 N–H and O–H groups in total. The van der Waals surface area contributed by atoms with Crippen LogP contribution >= 0.6 is 0 Å². The minimum absolute atomic E-state index is 0.0698. The molecule has 2 amide bonds. The molecule has 0 bridgehead atoms. The van der Waals surface area contributed by atoms with Crippen LogP contribution in [0.25, 0.3) is 0 Å². The summed E-state index contributed by atoms with van der Waals surface area (Å²) >= 11 is 0. The van der Waals surface area contributed by atoms with Crippen LogP contribution in [-0.4, -0.2) is 42.5 Å². The van der Waals surface area contributed by atoms with E-state index in [1.807, 2.05) is 70.2 Å². The van der Waals surface area contributed by atoms with Crippen molar-refractivity contribution in [3.8, 4) is 11.5 Å². The van der Waals surface area contributed by atoms with Gasteiger partial charge in [0.1, 0.15) is 6.04 Å². The van der Waals surface area contributed by atoms with Crippen LogP contribution in [0.1, 0.15) is 50.8 Å². The summed E-state index contributed by atoms with van der Waals surface area (Å²) in [7, 11) is 3.18. The molecule has 0 unspecified atom stereocenters. The molecule has 2 rings (SSSR count).